The summed E-state index contributed by atoms with van der Waals surface area (Å²) in [6.45, 7) is 3.61. The molecule has 164 valence electrons. The first kappa shape index (κ1) is 21.2. The number of anilines is 1. The van der Waals surface area contributed by atoms with Gasteiger partial charge in [-0.3, -0.25) is 24.5 Å². The summed E-state index contributed by atoms with van der Waals surface area (Å²) < 4.78 is 6.49. The smallest absolute Gasteiger partial charge is 0.329 e. The second-order valence-electron chi connectivity index (χ2n) is 7.68. The molecule has 2 aromatic carbocycles. The van der Waals surface area contributed by atoms with E-state index in [1.165, 1.54) is 12.0 Å². The standard InChI is InChI=1S/C23H22N4O5/c1-14-21(27(30)31)15(2)25(24-14)13-16-8-10-17(11-9-16)22(28)26-19-7-5-4-6-18(19)12-20(26)23(29)32-3/h4-11,20H,12-13H2,1-3H3. The van der Waals surface area contributed by atoms with Crippen LogP contribution >= 0.6 is 0 Å². The lowest BCUT2D eigenvalue weighted by Gasteiger charge is -2.24. The molecule has 9 heteroatoms. The Labute approximate surface area is 184 Å². The number of methoxy groups -OCH3 is 1. The molecule has 3 aromatic rings. The van der Waals surface area contributed by atoms with Crippen molar-refractivity contribution >= 4 is 23.3 Å². The van der Waals surface area contributed by atoms with Crippen LogP contribution in [0.3, 0.4) is 0 Å². The molecule has 0 radical (unpaired) electrons. The van der Waals surface area contributed by atoms with Gasteiger partial charge in [-0.2, -0.15) is 5.10 Å². The third-order valence-corrected chi connectivity index (χ3v) is 5.73. The molecule has 1 atom stereocenters. The maximum Gasteiger partial charge on any atom is 0.329 e. The van der Waals surface area contributed by atoms with Gasteiger partial charge in [-0.05, 0) is 43.2 Å². The van der Waals surface area contributed by atoms with Gasteiger partial charge in [0.15, 0.2) is 0 Å². The molecule has 2 heterocycles. The number of benzene rings is 2. The van der Waals surface area contributed by atoms with E-state index in [1.807, 2.05) is 24.3 Å². The minimum atomic E-state index is -0.708. The Kier molecular flexibility index (Phi) is 5.48. The number of ether oxygens (including phenoxy) is 1. The quantitative estimate of drug-likeness (QED) is 0.347. The van der Waals surface area contributed by atoms with Crippen molar-refractivity contribution in [3.8, 4) is 0 Å². The highest BCUT2D eigenvalue weighted by Crippen LogP contribution is 2.34. The first-order chi connectivity index (χ1) is 15.3. The number of fused-ring (bicyclic) bond motifs is 1. The summed E-state index contributed by atoms with van der Waals surface area (Å²) in [6.07, 6.45) is 0.406. The van der Waals surface area contributed by atoms with Crippen LogP contribution in [0, 0.1) is 24.0 Å². The van der Waals surface area contributed by atoms with E-state index in [0.717, 1.165) is 11.1 Å². The lowest BCUT2D eigenvalue weighted by molar-refractivity contribution is -0.386. The van der Waals surface area contributed by atoms with Crippen LogP contribution in [0.5, 0.6) is 0 Å². The highest BCUT2D eigenvalue weighted by atomic mass is 16.6. The molecule has 0 saturated heterocycles. The first-order valence-corrected chi connectivity index (χ1v) is 10.1. The number of hydrogen-bond donors (Lipinski definition) is 0. The number of amides is 1. The maximum absolute atomic E-state index is 13.3. The Hall–Kier alpha value is -4.01. The fraction of sp³-hybridized carbons (Fsp3) is 0.261. The van der Waals surface area contributed by atoms with Gasteiger partial charge < -0.3 is 4.74 Å². The zero-order valence-corrected chi connectivity index (χ0v) is 17.9. The van der Waals surface area contributed by atoms with Crippen molar-refractivity contribution in [3.63, 3.8) is 0 Å². The Morgan fingerprint density at radius 1 is 1.16 bits per heavy atom. The van der Waals surface area contributed by atoms with Crippen LogP contribution in [0.1, 0.15) is 32.9 Å². The average molecular weight is 434 g/mol. The van der Waals surface area contributed by atoms with Gasteiger partial charge in [0.2, 0.25) is 0 Å². The van der Waals surface area contributed by atoms with E-state index >= 15 is 0 Å². The minimum absolute atomic E-state index is 0.0124. The fourth-order valence-electron chi connectivity index (χ4n) is 4.13. The van der Waals surface area contributed by atoms with E-state index in [1.54, 1.807) is 42.8 Å². The summed E-state index contributed by atoms with van der Waals surface area (Å²) in [5.74, 6) is -0.754. The van der Waals surface area contributed by atoms with E-state index in [9.17, 15) is 19.7 Å². The normalized spacial score (nSPS) is 14.8. The van der Waals surface area contributed by atoms with Crippen LogP contribution in [0.2, 0.25) is 0 Å². The molecule has 4 rings (SSSR count). The molecule has 0 spiro atoms. The van der Waals surface area contributed by atoms with Crippen LogP contribution in [-0.4, -0.2) is 39.7 Å². The largest absolute Gasteiger partial charge is 0.467 e. The third kappa shape index (κ3) is 3.62. The topological polar surface area (TPSA) is 108 Å². The summed E-state index contributed by atoms with van der Waals surface area (Å²) in [6, 6.07) is 13.7. The number of carbonyl (C=O) groups is 2. The Morgan fingerprint density at radius 3 is 2.47 bits per heavy atom. The zero-order valence-electron chi connectivity index (χ0n) is 17.9. The van der Waals surface area contributed by atoms with Gasteiger partial charge in [0.25, 0.3) is 5.91 Å². The number of esters is 1. The number of nitrogens with zero attached hydrogens (tertiary/aromatic N) is 4. The third-order valence-electron chi connectivity index (χ3n) is 5.73. The molecule has 1 aromatic heterocycles. The molecule has 1 amide bonds. The number of nitro groups is 1. The molecular weight excluding hydrogens is 412 g/mol. The second kappa shape index (κ2) is 8.26. The summed E-state index contributed by atoms with van der Waals surface area (Å²) >= 11 is 0. The predicted octanol–water partition coefficient (Wildman–Crippen LogP) is 3.20. The van der Waals surface area contributed by atoms with Gasteiger partial charge >= 0.3 is 11.7 Å². The van der Waals surface area contributed by atoms with Crippen molar-refractivity contribution in [2.45, 2.75) is 32.9 Å². The van der Waals surface area contributed by atoms with Crippen molar-refractivity contribution in [1.82, 2.24) is 9.78 Å². The highest BCUT2D eigenvalue weighted by molar-refractivity contribution is 6.11. The number of hydrogen-bond acceptors (Lipinski definition) is 6. The lowest BCUT2D eigenvalue weighted by atomic mass is 10.1. The second-order valence-corrected chi connectivity index (χ2v) is 7.68. The van der Waals surface area contributed by atoms with E-state index in [0.29, 0.717) is 35.6 Å². The lowest BCUT2D eigenvalue weighted by Crippen LogP contribution is -2.43. The molecule has 0 saturated carbocycles. The van der Waals surface area contributed by atoms with Gasteiger partial charge in [0, 0.05) is 17.7 Å². The summed E-state index contributed by atoms with van der Waals surface area (Å²) in [7, 11) is 1.31. The number of aromatic nitrogens is 2. The van der Waals surface area contributed by atoms with E-state index in [4.69, 9.17) is 4.74 Å². The van der Waals surface area contributed by atoms with Crippen molar-refractivity contribution in [1.29, 1.82) is 0 Å². The van der Waals surface area contributed by atoms with Gasteiger partial charge in [-0.25, -0.2) is 4.79 Å². The van der Waals surface area contributed by atoms with Crippen LogP contribution in [0.25, 0.3) is 0 Å². The molecule has 0 aliphatic carbocycles. The summed E-state index contributed by atoms with van der Waals surface area (Å²) in [5.41, 5.74) is 3.74. The number of rotatable bonds is 5. The van der Waals surface area contributed by atoms with Gasteiger partial charge in [-0.1, -0.05) is 30.3 Å². The fourth-order valence-corrected chi connectivity index (χ4v) is 4.13. The molecule has 0 fully saturated rings. The molecule has 0 bridgehead atoms. The van der Waals surface area contributed by atoms with Crippen molar-refractivity contribution in [2.75, 3.05) is 12.0 Å². The highest BCUT2D eigenvalue weighted by Gasteiger charge is 2.39. The van der Waals surface area contributed by atoms with Crippen LogP contribution in [-0.2, 0) is 22.5 Å². The number of carbonyl (C=O) groups excluding carboxylic acids is 2. The van der Waals surface area contributed by atoms with Crippen molar-refractivity contribution in [3.05, 3.63) is 86.7 Å². The van der Waals surface area contributed by atoms with Crippen LogP contribution in [0.15, 0.2) is 48.5 Å². The molecule has 1 unspecified atom stereocenters. The molecule has 9 nitrogen and oxygen atoms in total. The molecule has 1 aliphatic heterocycles. The number of para-hydroxylation sites is 1. The maximum atomic E-state index is 13.3. The Bertz CT molecular complexity index is 1220. The Balaban J connectivity index is 1.59. The molecular formula is C23H22N4O5. The van der Waals surface area contributed by atoms with E-state index in [2.05, 4.69) is 5.10 Å². The van der Waals surface area contributed by atoms with Gasteiger partial charge in [0.1, 0.15) is 17.4 Å². The molecule has 32 heavy (non-hydrogen) atoms. The van der Waals surface area contributed by atoms with Crippen molar-refractivity contribution in [2.24, 2.45) is 0 Å². The SMILES string of the molecule is COC(=O)C1Cc2ccccc2N1C(=O)c1ccc(Cn2nc(C)c([N+](=O)[O-])c2C)cc1. The predicted molar refractivity (Wildman–Crippen MR) is 117 cm³/mol. The monoisotopic (exact) mass is 434 g/mol. The van der Waals surface area contributed by atoms with Crippen molar-refractivity contribution < 1.29 is 19.2 Å². The molecule has 0 N–H and O–H groups in total. The van der Waals surface area contributed by atoms with Crippen LogP contribution < -0.4 is 4.90 Å². The van der Waals surface area contributed by atoms with Gasteiger partial charge in [0.05, 0.1) is 18.6 Å². The van der Waals surface area contributed by atoms with E-state index < -0.39 is 16.9 Å². The van der Waals surface area contributed by atoms with Crippen LogP contribution in [0.4, 0.5) is 11.4 Å². The number of aryl methyl sites for hydroxylation is 1. The summed E-state index contributed by atoms with van der Waals surface area (Å²) in [5, 5.41) is 15.5. The Morgan fingerprint density at radius 2 is 1.84 bits per heavy atom. The summed E-state index contributed by atoms with van der Waals surface area (Å²) in [4.78, 5) is 37.9. The minimum Gasteiger partial charge on any atom is -0.467 e. The average Bonchev–Trinajstić information content (AvgIpc) is 3.30. The molecule has 1 aliphatic rings. The first-order valence-electron chi connectivity index (χ1n) is 10.1. The van der Waals surface area contributed by atoms with Gasteiger partial charge in [-0.15, -0.1) is 0 Å². The van der Waals surface area contributed by atoms with E-state index in [-0.39, 0.29) is 11.6 Å². The zero-order chi connectivity index (χ0) is 23.0.